The molecule has 0 radical (unpaired) electrons. The summed E-state index contributed by atoms with van der Waals surface area (Å²) in [5.41, 5.74) is 2.15. The third-order valence-electron chi connectivity index (χ3n) is 3.91. The van der Waals surface area contributed by atoms with Crippen LogP contribution in [0.1, 0.15) is 48.5 Å². The van der Waals surface area contributed by atoms with Crippen molar-refractivity contribution >= 4 is 21.8 Å². The molecule has 1 aromatic carbocycles. The number of hydrogen-bond acceptors (Lipinski definition) is 1. The lowest BCUT2D eigenvalue weighted by molar-refractivity contribution is 0.0934. The van der Waals surface area contributed by atoms with Crippen LogP contribution in [0.15, 0.2) is 22.7 Å². The molecule has 1 fully saturated rings. The predicted octanol–water partition coefficient (Wildman–Crippen LogP) is 4.07. The van der Waals surface area contributed by atoms with Crippen LogP contribution in [0.3, 0.4) is 0 Å². The van der Waals surface area contributed by atoms with Crippen LogP contribution in [-0.2, 0) is 0 Å². The molecule has 98 valence electrons. The molecule has 3 heteroatoms. The van der Waals surface area contributed by atoms with Gasteiger partial charge in [0.05, 0.1) is 0 Å². The first kappa shape index (κ1) is 13.6. The highest BCUT2D eigenvalue weighted by atomic mass is 79.9. The molecule has 1 N–H and O–H groups in total. The standard InChI is InChI=1S/C15H20BrNO/c1-11-9-12(5-6-13(11)16)14(18)17-10-15(2)7-3-4-8-15/h5-6,9H,3-4,7-8,10H2,1-2H3,(H,17,18). The minimum atomic E-state index is 0.0405. The Bertz CT molecular complexity index is 450. The Morgan fingerprint density at radius 1 is 1.39 bits per heavy atom. The Hall–Kier alpha value is -0.830. The summed E-state index contributed by atoms with van der Waals surface area (Å²) < 4.78 is 1.04. The third kappa shape index (κ3) is 3.14. The minimum absolute atomic E-state index is 0.0405. The number of amides is 1. The molecule has 0 aliphatic heterocycles. The SMILES string of the molecule is Cc1cc(C(=O)NCC2(C)CCCC2)ccc1Br. The first-order valence-corrected chi connectivity index (χ1v) is 7.34. The Morgan fingerprint density at radius 2 is 2.06 bits per heavy atom. The van der Waals surface area contributed by atoms with E-state index in [1.54, 1.807) is 0 Å². The molecule has 0 atom stereocenters. The quantitative estimate of drug-likeness (QED) is 0.896. The largest absolute Gasteiger partial charge is 0.351 e. The van der Waals surface area contributed by atoms with Gasteiger partial charge in [0.15, 0.2) is 0 Å². The van der Waals surface area contributed by atoms with Gasteiger partial charge in [-0.25, -0.2) is 0 Å². The summed E-state index contributed by atoms with van der Waals surface area (Å²) in [5, 5.41) is 3.07. The molecule has 1 aromatic rings. The monoisotopic (exact) mass is 309 g/mol. The van der Waals surface area contributed by atoms with Crippen LogP contribution in [0.4, 0.5) is 0 Å². The van der Waals surface area contributed by atoms with E-state index in [4.69, 9.17) is 0 Å². The summed E-state index contributed by atoms with van der Waals surface area (Å²) in [6.07, 6.45) is 5.05. The van der Waals surface area contributed by atoms with E-state index in [2.05, 4.69) is 28.2 Å². The van der Waals surface area contributed by atoms with Crippen LogP contribution >= 0.6 is 15.9 Å². The zero-order valence-corrected chi connectivity index (χ0v) is 12.6. The summed E-state index contributed by atoms with van der Waals surface area (Å²) in [7, 11) is 0. The first-order chi connectivity index (χ1) is 8.50. The molecule has 0 spiro atoms. The topological polar surface area (TPSA) is 29.1 Å². The van der Waals surface area contributed by atoms with Crippen LogP contribution < -0.4 is 5.32 Å². The van der Waals surface area contributed by atoms with Crippen molar-refractivity contribution in [3.63, 3.8) is 0 Å². The summed E-state index contributed by atoms with van der Waals surface area (Å²) in [6, 6.07) is 5.72. The van der Waals surface area contributed by atoms with Crippen molar-refractivity contribution in [1.29, 1.82) is 0 Å². The molecule has 2 rings (SSSR count). The molecule has 0 heterocycles. The van der Waals surface area contributed by atoms with Crippen molar-refractivity contribution in [3.05, 3.63) is 33.8 Å². The first-order valence-electron chi connectivity index (χ1n) is 6.55. The van der Waals surface area contributed by atoms with Gasteiger partial charge < -0.3 is 5.32 Å². The van der Waals surface area contributed by atoms with Crippen molar-refractivity contribution < 1.29 is 4.79 Å². The normalized spacial score (nSPS) is 17.7. The average Bonchev–Trinajstić information content (AvgIpc) is 2.77. The van der Waals surface area contributed by atoms with E-state index in [1.807, 2.05) is 25.1 Å². The lowest BCUT2D eigenvalue weighted by atomic mass is 9.89. The zero-order chi connectivity index (χ0) is 13.2. The van der Waals surface area contributed by atoms with Crippen LogP contribution in [0, 0.1) is 12.3 Å². The maximum atomic E-state index is 12.1. The van der Waals surface area contributed by atoms with Crippen molar-refractivity contribution in [2.45, 2.75) is 39.5 Å². The molecule has 1 aliphatic rings. The fourth-order valence-electron chi connectivity index (χ4n) is 2.59. The number of carbonyl (C=O) groups excluding carboxylic acids is 1. The van der Waals surface area contributed by atoms with Gasteiger partial charge in [-0.2, -0.15) is 0 Å². The van der Waals surface area contributed by atoms with Crippen molar-refractivity contribution in [2.24, 2.45) is 5.41 Å². The zero-order valence-electron chi connectivity index (χ0n) is 11.1. The molecule has 0 saturated heterocycles. The Kier molecular flexibility index (Phi) is 4.10. The van der Waals surface area contributed by atoms with Gasteiger partial charge >= 0.3 is 0 Å². The van der Waals surface area contributed by atoms with Gasteiger partial charge in [0.1, 0.15) is 0 Å². The van der Waals surface area contributed by atoms with Crippen molar-refractivity contribution in [3.8, 4) is 0 Å². The molecular weight excluding hydrogens is 290 g/mol. The second-order valence-electron chi connectivity index (χ2n) is 5.66. The Balaban J connectivity index is 1.97. The fraction of sp³-hybridized carbons (Fsp3) is 0.533. The molecule has 18 heavy (non-hydrogen) atoms. The highest BCUT2D eigenvalue weighted by Crippen LogP contribution is 2.36. The lowest BCUT2D eigenvalue weighted by Crippen LogP contribution is -2.34. The summed E-state index contributed by atoms with van der Waals surface area (Å²) in [6.45, 7) is 5.06. The van der Waals surface area contributed by atoms with E-state index >= 15 is 0 Å². The summed E-state index contributed by atoms with van der Waals surface area (Å²) >= 11 is 3.45. The molecule has 1 saturated carbocycles. The van der Waals surface area contributed by atoms with E-state index in [-0.39, 0.29) is 5.91 Å². The van der Waals surface area contributed by atoms with Crippen LogP contribution in [0.2, 0.25) is 0 Å². The second-order valence-corrected chi connectivity index (χ2v) is 6.52. The van der Waals surface area contributed by atoms with Gasteiger partial charge in [-0.05, 0) is 48.9 Å². The molecule has 0 unspecified atom stereocenters. The number of nitrogens with one attached hydrogen (secondary N) is 1. The lowest BCUT2D eigenvalue weighted by Gasteiger charge is -2.23. The molecule has 0 aromatic heterocycles. The van der Waals surface area contributed by atoms with Crippen molar-refractivity contribution in [1.82, 2.24) is 5.32 Å². The van der Waals surface area contributed by atoms with Crippen LogP contribution in [-0.4, -0.2) is 12.5 Å². The summed E-state index contributed by atoms with van der Waals surface area (Å²) in [5.74, 6) is 0.0405. The van der Waals surface area contributed by atoms with E-state index < -0.39 is 0 Å². The van der Waals surface area contributed by atoms with Crippen molar-refractivity contribution in [2.75, 3.05) is 6.54 Å². The van der Waals surface area contributed by atoms with E-state index in [0.29, 0.717) is 5.41 Å². The second kappa shape index (κ2) is 5.43. The van der Waals surface area contributed by atoms with Gasteiger partial charge in [-0.1, -0.05) is 35.7 Å². The molecule has 1 amide bonds. The van der Waals surface area contributed by atoms with Gasteiger partial charge in [0.2, 0.25) is 0 Å². The van der Waals surface area contributed by atoms with Gasteiger partial charge in [0, 0.05) is 16.6 Å². The van der Waals surface area contributed by atoms with Gasteiger partial charge in [-0.15, -0.1) is 0 Å². The molecule has 2 nitrogen and oxygen atoms in total. The highest BCUT2D eigenvalue weighted by Gasteiger charge is 2.28. The Labute approximate surface area is 117 Å². The van der Waals surface area contributed by atoms with Gasteiger partial charge in [0.25, 0.3) is 5.91 Å². The summed E-state index contributed by atoms with van der Waals surface area (Å²) in [4.78, 5) is 12.1. The number of halogens is 1. The van der Waals surface area contributed by atoms with Crippen LogP contribution in [0.5, 0.6) is 0 Å². The maximum Gasteiger partial charge on any atom is 0.251 e. The molecular formula is C15H20BrNO. The minimum Gasteiger partial charge on any atom is -0.351 e. The number of benzene rings is 1. The van der Waals surface area contributed by atoms with E-state index in [9.17, 15) is 4.79 Å². The Morgan fingerprint density at radius 3 is 2.67 bits per heavy atom. The third-order valence-corrected chi connectivity index (χ3v) is 4.80. The highest BCUT2D eigenvalue weighted by molar-refractivity contribution is 9.10. The molecule has 1 aliphatic carbocycles. The van der Waals surface area contributed by atoms with E-state index in [1.165, 1.54) is 25.7 Å². The van der Waals surface area contributed by atoms with Gasteiger partial charge in [-0.3, -0.25) is 4.79 Å². The number of aryl methyl sites for hydroxylation is 1. The smallest absolute Gasteiger partial charge is 0.251 e. The van der Waals surface area contributed by atoms with E-state index in [0.717, 1.165) is 22.1 Å². The number of rotatable bonds is 3. The number of hydrogen-bond donors (Lipinski definition) is 1. The predicted molar refractivity (Wildman–Crippen MR) is 77.8 cm³/mol. The maximum absolute atomic E-state index is 12.1. The number of carbonyl (C=O) groups is 1. The fourth-order valence-corrected chi connectivity index (χ4v) is 2.83. The average molecular weight is 310 g/mol. The van der Waals surface area contributed by atoms with Crippen LogP contribution in [0.25, 0.3) is 0 Å². The molecule has 0 bridgehead atoms.